The van der Waals surface area contributed by atoms with Crippen molar-refractivity contribution < 1.29 is 4.74 Å². The van der Waals surface area contributed by atoms with Gasteiger partial charge in [0, 0.05) is 19.0 Å². The molecule has 0 spiro atoms. The molecule has 24 heavy (non-hydrogen) atoms. The Hall–Kier alpha value is -1.88. The molecule has 0 unspecified atom stereocenters. The number of hydrogen-bond donors (Lipinski definition) is 0. The van der Waals surface area contributed by atoms with E-state index in [0.717, 1.165) is 51.2 Å². The monoisotopic (exact) mass is 328 g/mol. The quantitative estimate of drug-likeness (QED) is 0.780. The molecule has 2 aromatic rings. The molecule has 1 saturated heterocycles. The molecule has 1 aliphatic heterocycles. The highest BCUT2D eigenvalue weighted by Gasteiger charge is 2.24. The van der Waals surface area contributed by atoms with E-state index in [1.54, 1.807) is 0 Å². The summed E-state index contributed by atoms with van der Waals surface area (Å²) in [6, 6.07) is 8.46. The Kier molecular flexibility index (Phi) is 5.86. The number of aryl methyl sites for hydroxylation is 1. The highest BCUT2D eigenvalue weighted by atomic mass is 16.5. The van der Waals surface area contributed by atoms with E-state index in [2.05, 4.69) is 44.8 Å². The van der Waals surface area contributed by atoms with Gasteiger partial charge < -0.3 is 9.30 Å². The molecule has 1 aliphatic rings. The molecule has 3 rings (SSSR count). The summed E-state index contributed by atoms with van der Waals surface area (Å²) < 4.78 is 7.83. The van der Waals surface area contributed by atoms with Gasteiger partial charge in [0.05, 0.1) is 6.61 Å². The van der Waals surface area contributed by atoms with Crippen LogP contribution in [-0.4, -0.2) is 39.4 Å². The van der Waals surface area contributed by atoms with Crippen molar-refractivity contribution >= 4 is 0 Å². The summed E-state index contributed by atoms with van der Waals surface area (Å²) in [5.41, 5.74) is 1.33. The summed E-state index contributed by atoms with van der Waals surface area (Å²) in [6.07, 6.45) is 5.33. The number of benzene rings is 1. The van der Waals surface area contributed by atoms with Crippen molar-refractivity contribution in [3.63, 3.8) is 0 Å². The van der Waals surface area contributed by atoms with E-state index in [0.29, 0.717) is 12.5 Å². The third-order valence-corrected chi connectivity index (χ3v) is 4.68. The molecule has 1 aromatic heterocycles. The van der Waals surface area contributed by atoms with Gasteiger partial charge in [-0.1, -0.05) is 19.1 Å². The molecule has 0 bridgehead atoms. The van der Waals surface area contributed by atoms with Crippen LogP contribution in [0.25, 0.3) is 0 Å². The molecule has 5 nitrogen and oxygen atoms in total. The first kappa shape index (κ1) is 17.0. The van der Waals surface area contributed by atoms with E-state index < -0.39 is 0 Å². The smallest absolute Gasteiger partial charge is 0.136 e. The number of likely N-dealkylation sites (tertiary alicyclic amines) is 1. The highest BCUT2D eigenvalue weighted by Crippen LogP contribution is 2.27. The van der Waals surface area contributed by atoms with E-state index >= 15 is 0 Å². The van der Waals surface area contributed by atoms with Crippen molar-refractivity contribution in [3.8, 4) is 5.75 Å². The van der Waals surface area contributed by atoms with Gasteiger partial charge in [-0.25, -0.2) is 0 Å². The SMILES string of the molecule is CCCn1cnnc1C1CCN(Cc2cccc(OCC)c2)CC1. The lowest BCUT2D eigenvalue weighted by Gasteiger charge is -2.31. The first-order valence-corrected chi connectivity index (χ1v) is 9.12. The van der Waals surface area contributed by atoms with Crippen LogP contribution in [0.5, 0.6) is 5.75 Å². The van der Waals surface area contributed by atoms with Crippen LogP contribution in [0.3, 0.4) is 0 Å². The number of piperidine rings is 1. The van der Waals surface area contributed by atoms with Crippen LogP contribution in [0.1, 0.15) is 50.4 Å². The van der Waals surface area contributed by atoms with Gasteiger partial charge >= 0.3 is 0 Å². The fourth-order valence-electron chi connectivity index (χ4n) is 3.50. The van der Waals surface area contributed by atoms with Crippen molar-refractivity contribution in [1.82, 2.24) is 19.7 Å². The number of hydrogen-bond acceptors (Lipinski definition) is 4. The third kappa shape index (κ3) is 4.15. The van der Waals surface area contributed by atoms with Gasteiger partial charge in [0.25, 0.3) is 0 Å². The molecule has 0 saturated carbocycles. The van der Waals surface area contributed by atoms with E-state index in [-0.39, 0.29) is 0 Å². The average molecular weight is 328 g/mol. The van der Waals surface area contributed by atoms with Gasteiger partial charge in [0.2, 0.25) is 0 Å². The second-order valence-corrected chi connectivity index (χ2v) is 6.51. The van der Waals surface area contributed by atoms with Crippen molar-refractivity contribution in [2.75, 3.05) is 19.7 Å². The van der Waals surface area contributed by atoms with Crippen molar-refractivity contribution in [2.24, 2.45) is 0 Å². The van der Waals surface area contributed by atoms with Crippen LogP contribution in [0.15, 0.2) is 30.6 Å². The number of ether oxygens (including phenoxy) is 1. The maximum absolute atomic E-state index is 5.60. The lowest BCUT2D eigenvalue weighted by atomic mass is 9.95. The van der Waals surface area contributed by atoms with Crippen LogP contribution in [0.4, 0.5) is 0 Å². The molecular formula is C19H28N4O. The van der Waals surface area contributed by atoms with Crippen LogP contribution in [-0.2, 0) is 13.1 Å². The molecular weight excluding hydrogens is 300 g/mol. The highest BCUT2D eigenvalue weighted by molar-refractivity contribution is 5.28. The molecule has 1 fully saturated rings. The summed E-state index contributed by atoms with van der Waals surface area (Å²) in [5, 5.41) is 8.49. The first-order valence-electron chi connectivity index (χ1n) is 9.12. The van der Waals surface area contributed by atoms with Gasteiger partial charge in [-0.3, -0.25) is 4.90 Å². The minimum Gasteiger partial charge on any atom is -0.494 e. The fraction of sp³-hybridized carbons (Fsp3) is 0.579. The molecule has 1 aromatic carbocycles. The summed E-state index contributed by atoms with van der Waals surface area (Å²) >= 11 is 0. The van der Waals surface area contributed by atoms with Gasteiger partial charge in [-0.05, 0) is 57.0 Å². The average Bonchev–Trinajstić information content (AvgIpc) is 3.05. The molecule has 0 N–H and O–H groups in total. The molecule has 0 radical (unpaired) electrons. The van der Waals surface area contributed by atoms with Crippen LogP contribution >= 0.6 is 0 Å². The van der Waals surface area contributed by atoms with Crippen LogP contribution in [0.2, 0.25) is 0 Å². The van der Waals surface area contributed by atoms with Gasteiger partial charge in [-0.2, -0.15) is 0 Å². The second-order valence-electron chi connectivity index (χ2n) is 6.51. The Morgan fingerprint density at radius 2 is 2.04 bits per heavy atom. The lowest BCUT2D eigenvalue weighted by Crippen LogP contribution is -2.33. The zero-order valence-electron chi connectivity index (χ0n) is 14.8. The van der Waals surface area contributed by atoms with Crippen molar-refractivity contribution in [2.45, 2.75) is 52.1 Å². The van der Waals surface area contributed by atoms with Gasteiger partial charge in [-0.15, -0.1) is 10.2 Å². The number of aromatic nitrogens is 3. The largest absolute Gasteiger partial charge is 0.494 e. The van der Waals surface area contributed by atoms with Crippen molar-refractivity contribution in [1.29, 1.82) is 0 Å². The predicted molar refractivity (Wildman–Crippen MR) is 95.2 cm³/mol. The number of rotatable bonds is 7. The lowest BCUT2D eigenvalue weighted by molar-refractivity contribution is 0.199. The normalized spacial score (nSPS) is 16.4. The zero-order valence-corrected chi connectivity index (χ0v) is 14.8. The summed E-state index contributed by atoms with van der Waals surface area (Å²) in [7, 11) is 0. The number of nitrogens with zero attached hydrogens (tertiary/aromatic N) is 4. The Morgan fingerprint density at radius 3 is 2.79 bits per heavy atom. The standard InChI is InChI=1S/C19H28N4O/c1-3-10-23-15-20-21-19(23)17-8-11-22(12-9-17)14-16-6-5-7-18(13-16)24-4-2/h5-7,13,15,17H,3-4,8-12,14H2,1-2H3. The minimum atomic E-state index is 0.546. The predicted octanol–water partition coefficient (Wildman–Crippen LogP) is 3.47. The topological polar surface area (TPSA) is 43.2 Å². The van der Waals surface area contributed by atoms with E-state index in [1.165, 1.54) is 11.4 Å². The Bertz CT molecular complexity index is 632. The van der Waals surface area contributed by atoms with E-state index in [9.17, 15) is 0 Å². The Balaban J connectivity index is 1.55. The van der Waals surface area contributed by atoms with Crippen molar-refractivity contribution in [3.05, 3.63) is 42.0 Å². The molecule has 2 heterocycles. The molecule has 0 atom stereocenters. The van der Waals surface area contributed by atoms with E-state index in [4.69, 9.17) is 4.74 Å². The summed E-state index contributed by atoms with van der Waals surface area (Å²) in [5.74, 6) is 2.69. The molecule has 130 valence electrons. The third-order valence-electron chi connectivity index (χ3n) is 4.68. The van der Waals surface area contributed by atoms with E-state index in [1.807, 2.05) is 19.3 Å². The van der Waals surface area contributed by atoms with Crippen LogP contribution in [0, 0.1) is 0 Å². The molecule has 0 amide bonds. The van der Waals surface area contributed by atoms with Crippen LogP contribution < -0.4 is 4.74 Å². The molecule has 5 heteroatoms. The zero-order chi connectivity index (χ0) is 16.8. The summed E-state index contributed by atoms with van der Waals surface area (Å²) in [4.78, 5) is 2.53. The maximum atomic E-state index is 5.60. The fourth-order valence-corrected chi connectivity index (χ4v) is 3.50. The maximum Gasteiger partial charge on any atom is 0.136 e. The second kappa shape index (κ2) is 8.29. The minimum absolute atomic E-state index is 0.546. The molecule has 0 aliphatic carbocycles. The van der Waals surface area contributed by atoms with Gasteiger partial charge in [0.1, 0.15) is 17.9 Å². The summed E-state index contributed by atoms with van der Waals surface area (Å²) in [6.45, 7) is 9.18. The van der Waals surface area contributed by atoms with Gasteiger partial charge in [0.15, 0.2) is 0 Å². The Labute approximate surface area is 144 Å². The Morgan fingerprint density at radius 1 is 1.21 bits per heavy atom. The first-order chi connectivity index (χ1) is 11.8.